The van der Waals surface area contributed by atoms with Crippen LogP contribution in [0.1, 0.15) is 33.3 Å². The Morgan fingerprint density at radius 3 is 2.38 bits per heavy atom. The van der Waals surface area contributed by atoms with Gasteiger partial charge >= 0.3 is 7.60 Å². The maximum Gasteiger partial charge on any atom is 0.359 e. The summed E-state index contributed by atoms with van der Waals surface area (Å²) in [4.78, 5) is 9.86. The van der Waals surface area contributed by atoms with E-state index in [1.54, 1.807) is 19.1 Å². The van der Waals surface area contributed by atoms with E-state index in [1.807, 2.05) is 32.9 Å². The molecule has 1 unspecified atom stereocenters. The molecular weight excluding hydrogens is 223 g/mol. The Labute approximate surface area is 97.0 Å². The molecule has 0 amide bonds. The predicted molar refractivity (Wildman–Crippen MR) is 66.2 cm³/mol. The van der Waals surface area contributed by atoms with Crippen LogP contribution < -0.4 is 5.30 Å². The molecule has 0 fully saturated rings. The normalized spacial score (nSPS) is 15.8. The molecule has 0 aliphatic rings. The highest BCUT2D eigenvalue weighted by Crippen LogP contribution is 2.43. The summed E-state index contributed by atoms with van der Waals surface area (Å²) in [6.45, 7) is 7.97. The molecule has 0 bridgehead atoms. The van der Waals surface area contributed by atoms with Crippen LogP contribution in [0.4, 0.5) is 0 Å². The summed E-state index contributed by atoms with van der Waals surface area (Å²) in [5, 5.41) is 0.407. The Morgan fingerprint density at radius 2 is 1.88 bits per heavy atom. The molecule has 1 rings (SSSR count). The fraction of sp³-hybridized carbons (Fsp3) is 0.500. The lowest BCUT2D eigenvalue weighted by molar-refractivity contribution is 0.283. The largest absolute Gasteiger partial charge is 0.359 e. The minimum atomic E-state index is -3.68. The first-order valence-corrected chi connectivity index (χ1v) is 6.94. The fourth-order valence-corrected chi connectivity index (χ4v) is 3.08. The van der Waals surface area contributed by atoms with Gasteiger partial charge in [0.15, 0.2) is 0 Å². The van der Waals surface area contributed by atoms with Crippen molar-refractivity contribution in [1.29, 1.82) is 0 Å². The van der Waals surface area contributed by atoms with Gasteiger partial charge in [-0.15, -0.1) is 0 Å². The van der Waals surface area contributed by atoms with Gasteiger partial charge in [0.2, 0.25) is 0 Å². The molecule has 90 valence electrons. The van der Waals surface area contributed by atoms with Crippen LogP contribution in [-0.4, -0.2) is 11.5 Å². The van der Waals surface area contributed by atoms with Crippen molar-refractivity contribution in [3.63, 3.8) is 0 Å². The Kier molecular flexibility index (Phi) is 3.95. The van der Waals surface area contributed by atoms with Crippen molar-refractivity contribution in [2.24, 2.45) is 0 Å². The molecule has 3 nitrogen and oxygen atoms in total. The molecule has 1 N–H and O–H groups in total. The first-order valence-electron chi connectivity index (χ1n) is 5.36. The second kappa shape index (κ2) is 4.70. The highest BCUT2D eigenvalue weighted by atomic mass is 31.2. The smallest absolute Gasteiger partial charge is 0.321 e. The zero-order valence-electron chi connectivity index (χ0n) is 10.2. The average Bonchev–Trinajstić information content (AvgIpc) is 2.16. The van der Waals surface area contributed by atoms with Gasteiger partial charge in [-0.3, -0.25) is 4.57 Å². The lowest BCUT2D eigenvalue weighted by atomic mass is 9.87. The molecule has 4 heteroatoms. The first kappa shape index (κ1) is 13.4. The highest BCUT2D eigenvalue weighted by molar-refractivity contribution is 7.61. The van der Waals surface area contributed by atoms with Gasteiger partial charge in [0.1, 0.15) is 0 Å². The summed E-state index contributed by atoms with van der Waals surface area (Å²) in [6.07, 6.45) is 0. The lowest BCUT2D eigenvalue weighted by Crippen LogP contribution is -2.23. The van der Waals surface area contributed by atoms with Gasteiger partial charge in [0, 0.05) is 0 Å². The minimum Gasteiger partial charge on any atom is -0.321 e. The summed E-state index contributed by atoms with van der Waals surface area (Å²) in [5.74, 6) is 0. The third kappa shape index (κ3) is 2.94. The number of hydrogen-bond donors (Lipinski definition) is 1. The summed E-state index contributed by atoms with van der Waals surface area (Å²) in [6, 6.07) is 7.16. The van der Waals surface area contributed by atoms with E-state index in [0.29, 0.717) is 5.30 Å². The molecule has 1 aromatic rings. The van der Waals surface area contributed by atoms with Crippen LogP contribution in [0.15, 0.2) is 24.3 Å². The molecule has 0 radical (unpaired) electrons. The molecule has 0 aliphatic heterocycles. The van der Waals surface area contributed by atoms with Gasteiger partial charge in [-0.1, -0.05) is 39.0 Å². The Bertz CT molecular complexity index is 407. The van der Waals surface area contributed by atoms with Crippen molar-refractivity contribution in [1.82, 2.24) is 0 Å². The van der Waals surface area contributed by atoms with Crippen LogP contribution in [0.25, 0.3) is 0 Å². The van der Waals surface area contributed by atoms with E-state index < -0.39 is 7.60 Å². The summed E-state index contributed by atoms with van der Waals surface area (Å²) in [7, 11) is -3.68. The highest BCUT2D eigenvalue weighted by Gasteiger charge is 2.29. The van der Waals surface area contributed by atoms with Gasteiger partial charge in [-0.05, 0) is 24.0 Å². The first-order chi connectivity index (χ1) is 7.29. The molecule has 0 spiro atoms. The topological polar surface area (TPSA) is 46.5 Å². The van der Waals surface area contributed by atoms with Crippen LogP contribution in [-0.2, 0) is 14.5 Å². The molecule has 1 atom stereocenters. The van der Waals surface area contributed by atoms with Gasteiger partial charge < -0.3 is 9.42 Å². The van der Waals surface area contributed by atoms with Gasteiger partial charge in [0.05, 0.1) is 11.9 Å². The van der Waals surface area contributed by atoms with Gasteiger partial charge in [0.25, 0.3) is 0 Å². The molecule has 1 aromatic carbocycles. The summed E-state index contributed by atoms with van der Waals surface area (Å²) < 4.78 is 17.0. The van der Waals surface area contributed by atoms with E-state index in [4.69, 9.17) is 4.52 Å². The molecule has 0 aliphatic carbocycles. The second-order valence-corrected chi connectivity index (χ2v) is 6.49. The summed E-state index contributed by atoms with van der Waals surface area (Å²) >= 11 is 0. The SMILES string of the molecule is CCOP(=O)(O)c1ccccc1C(C)(C)C. The standard InChI is InChI=1S/C12H19O3P/c1-5-15-16(13,14)11-9-7-6-8-10(11)12(2,3)4/h6-9H,5H2,1-4H3,(H,13,14). The third-order valence-electron chi connectivity index (χ3n) is 2.32. The number of benzene rings is 1. The Balaban J connectivity index is 3.29. The second-order valence-electron chi connectivity index (χ2n) is 4.71. The monoisotopic (exact) mass is 242 g/mol. The molecular formula is C12H19O3P. The lowest BCUT2D eigenvalue weighted by Gasteiger charge is -2.24. The van der Waals surface area contributed by atoms with E-state index in [-0.39, 0.29) is 12.0 Å². The third-order valence-corrected chi connectivity index (χ3v) is 3.93. The van der Waals surface area contributed by atoms with Gasteiger partial charge in [-0.2, -0.15) is 0 Å². The molecule has 0 aromatic heterocycles. The maximum atomic E-state index is 12.0. The van der Waals surface area contributed by atoms with Crippen molar-refractivity contribution in [2.45, 2.75) is 33.1 Å². The van der Waals surface area contributed by atoms with Crippen molar-refractivity contribution in [3.8, 4) is 0 Å². The minimum absolute atomic E-state index is 0.175. The van der Waals surface area contributed by atoms with E-state index >= 15 is 0 Å². The van der Waals surface area contributed by atoms with Crippen molar-refractivity contribution in [3.05, 3.63) is 29.8 Å². The van der Waals surface area contributed by atoms with E-state index in [0.717, 1.165) is 5.56 Å². The molecule has 0 saturated carbocycles. The molecule has 0 saturated heterocycles. The zero-order valence-corrected chi connectivity index (χ0v) is 11.1. The van der Waals surface area contributed by atoms with Crippen LogP contribution in [0.3, 0.4) is 0 Å². The zero-order chi connectivity index (χ0) is 12.4. The van der Waals surface area contributed by atoms with Crippen LogP contribution in [0.5, 0.6) is 0 Å². The Hall–Kier alpha value is -0.630. The summed E-state index contributed by atoms with van der Waals surface area (Å²) in [5.41, 5.74) is 0.681. The van der Waals surface area contributed by atoms with Crippen LogP contribution in [0, 0.1) is 0 Å². The quantitative estimate of drug-likeness (QED) is 0.829. The van der Waals surface area contributed by atoms with Crippen LogP contribution >= 0.6 is 7.60 Å². The number of rotatable bonds is 3. The van der Waals surface area contributed by atoms with E-state index in [9.17, 15) is 9.46 Å². The van der Waals surface area contributed by atoms with Crippen LogP contribution in [0.2, 0.25) is 0 Å². The fourth-order valence-electron chi connectivity index (χ4n) is 1.60. The van der Waals surface area contributed by atoms with Crippen molar-refractivity contribution >= 4 is 12.9 Å². The van der Waals surface area contributed by atoms with Crippen molar-refractivity contribution < 1.29 is 14.0 Å². The number of hydrogen-bond acceptors (Lipinski definition) is 2. The predicted octanol–water partition coefficient (Wildman–Crippen LogP) is 2.83. The van der Waals surface area contributed by atoms with Gasteiger partial charge in [-0.25, -0.2) is 0 Å². The maximum absolute atomic E-state index is 12.0. The Morgan fingerprint density at radius 1 is 1.31 bits per heavy atom. The van der Waals surface area contributed by atoms with E-state index in [2.05, 4.69) is 0 Å². The van der Waals surface area contributed by atoms with Crippen molar-refractivity contribution in [2.75, 3.05) is 6.61 Å². The van der Waals surface area contributed by atoms with E-state index in [1.165, 1.54) is 0 Å². The molecule has 16 heavy (non-hydrogen) atoms. The average molecular weight is 242 g/mol. The molecule has 0 heterocycles.